The maximum atomic E-state index is 12.2. The highest BCUT2D eigenvalue weighted by Gasteiger charge is 2.25. The summed E-state index contributed by atoms with van der Waals surface area (Å²) in [5.41, 5.74) is 0.897. The summed E-state index contributed by atoms with van der Waals surface area (Å²) in [6.07, 6.45) is 0. The molecular formula is C16H11N3O3S3. The van der Waals surface area contributed by atoms with Crippen LogP contribution in [0.5, 0.6) is 0 Å². The van der Waals surface area contributed by atoms with E-state index < -0.39 is 24.3 Å². The lowest BCUT2D eigenvalue weighted by Gasteiger charge is -2.05. The molecule has 0 aliphatic heterocycles. The SMILES string of the molecule is Cc1csc([C@@H](C#N)C(=O)COC(=O)c2csc(-c3cccs3)n2)n1. The molecule has 0 saturated carbocycles. The third kappa shape index (κ3) is 3.99. The number of aryl methyl sites for hydroxylation is 1. The van der Waals surface area contributed by atoms with E-state index >= 15 is 0 Å². The Balaban J connectivity index is 1.62. The first-order valence-corrected chi connectivity index (χ1v) is 9.73. The van der Waals surface area contributed by atoms with Gasteiger partial charge < -0.3 is 4.74 Å². The molecule has 0 fully saturated rings. The lowest BCUT2D eigenvalue weighted by atomic mass is 10.1. The fraction of sp³-hybridized carbons (Fsp3) is 0.188. The number of carbonyl (C=O) groups is 2. The zero-order chi connectivity index (χ0) is 17.8. The van der Waals surface area contributed by atoms with Crippen LogP contribution in [0.1, 0.15) is 27.1 Å². The van der Waals surface area contributed by atoms with Crippen LogP contribution in [0, 0.1) is 18.3 Å². The molecule has 0 aromatic carbocycles. The summed E-state index contributed by atoms with van der Waals surface area (Å²) in [5, 5.41) is 15.6. The van der Waals surface area contributed by atoms with Crippen molar-refractivity contribution >= 4 is 45.8 Å². The standard InChI is InChI=1S/C16H11N3O3S3/c1-9-7-24-14(18-9)10(5-17)12(20)6-22-16(21)11-8-25-15(19-11)13-3-2-4-23-13/h2-4,7-8,10H,6H2,1H3/t10-/m0/s1. The van der Waals surface area contributed by atoms with Gasteiger partial charge in [-0.25, -0.2) is 14.8 Å². The lowest BCUT2D eigenvalue weighted by Crippen LogP contribution is -2.20. The van der Waals surface area contributed by atoms with E-state index in [-0.39, 0.29) is 5.69 Å². The molecule has 0 saturated heterocycles. The third-order valence-electron chi connectivity index (χ3n) is 3.13. The van der Waals surface area contributed by atoms with Crippen molar-refractivity contribution in [2.75, 3.05) is 6.61 Å². The Morgan fingerprint density at radius 1 is 1.28 bits per heavy atom. The molecule has 0 amide bonds. The second kappa shape index (κ2) is 7.65. The van der Waals surface area contributed by atoms with E-state index in [0.717, 1.165) is 15.6 Å². The average molecular weight is 389 g/mol. The maximum absolute atomic E-state index is 12.2. The summed E-state index contributed by atoms with van der Waals surface area (Å²) in [6.45, 7) is 1.30. The summed E-state index contributed by atoms with van der Waals surface area (Å²) < 4.78 is 5.02. The molecule has 3 heterocycles. The number of hydrogen-bond acceptors (Lipinski definition) is 9. The molecule has 0 N–H and O–H groups in total. The number of esters is 1. The van der Waals surface area contributed by atoms with Crippen molar-refractivity contribution in [3.8, 4) is 16.0 Å². The van der Waals surface area contributed by atoms with E-state index in [1.807, 2.05) is 23.6 Å². The minimum atomic E-state index is -1.02. The Morgan fingerprint density at radius 2 is 2.12 bits per heavy atom. The monoisotopic (exact) mass is 389 g/mol. The van der Waals surface area contributed by atoms with Crippen LogP contribution in [0.2, 0.25) is 0 Å². The number of ether oxygens (including phenoxy) is 1. The molecule has 126 valence electrons. The Morgan fingerprint density at radius 3 is 2.76 bits per heavy atom. The summed E-state index contributed by atoms with van der Waals surface area (Å²) >= 11 is 4.10. The number of nitriles is 1. The first-order valence-electron chi connectivity index (χ1n) is 7.09. The van der Waals surface area contributed by atoms with Crippen LogP contribution in [0.25, 0.3) is 9.88 Å². The molecular weight excluding hydrogens is 378 g/mol. The van der Waals surface area contributed by atoms with Gasteiger partial charge in [0.2, 0.25) is 0 Å². The van der Waals surface area contributed by atoms with Gasteiger partial charge in [-0.1, -0.05) is 6.07 Å². The minimum absolute atomic E-state index is 0.153. The van der Waals surface area contributed by atoms with Gasteiger partial charge in [-0.15, -0.1) is 34.0 Å². The van der Waals surface area contributed by atoms with Gasteiger partial charge in [-0.3, -0.25) is 4.79 Å². The Kier molecular flexibility index (Phi) is 5.33. The Hall–Kier alpha value is -2.41. The first-order chi connectivity index (χ1) is 12.1. The van der Waals surface area contributed by atoms with Gasteiger partial charge in [0.1, 0.15) is 10.0 Å². The van der Waals surface area contributed by atoms with Gasteiger partial charge in [0, 0.05) is 16.5 Å². The van der Waals surface area contributed by atoms with Crippen LogP contribution < -0.4 is 0 Å². The number of hydrogen-bond donors (Lipinski definition) is 0. The average Bonchev–Trinajstić information content (AvgIpc) is 3.34. The lowest BCUT2D eigenvalue weighted by molar-refractivity contribution is -0.122. The molecule has 0 aliphatic carbocycles. The third-order valence-corrected chi connectivity index (χ3v) is 6.03. The topological polar surface area (TPSA) is 92.9 Å². The Labute approximate surface area is 155 Å². The summed E-state index contributed by atoms with van der Waals surface area (Å²) in [5.74, 6) is -2.21. The van der Waals surface area contributed by atoms with Crippen LogP contribution in [0.3, 0.4) is 0 Å². The number of nitrogens with zero attached hydrogens (tertiary/aromatic N) is 3. The molecule has 3 rings (SSSR count). The predicted octanol–water partition coefficient (Wildman–Crippen LogP) is 3.67. The van der Waals surface area contributed by atoms with Gasteiger partial charge in [-0.2, -0.15) is 5.26 Å². The molecule has 0 radical (unpaired) electrons. The molecule has 0 spiro atoms. The number of rotatable bonds is 6. The van der Waals surface area contributed by atoms with Crippen molar-refractivity contribution in [3.05, 3.63) is 44.7 Å². The van der Waals surface area contributed by atoms with Crippen molar-refractivity contribution in [2.45, 2.75) is 12.8 Å². The van der Waals surface area contributed by atoms with Crippen molar-refractivity contribution in [2.24, 2.45) is 0 Å². The number of thiazole rings is 2. The van der Waals surface area contributed by atoms with Crippen molar-refractivity contribution in [1.82, 2.24) is 9.97 Å². The van der Waals surface area contributed by atoms with Gasteiger partial charge in [0.25, 0.3) is 0 Å². The van der Waals surface area contributed by atoms with E-state index in [0.29, 0.717) is 5.01 Å². The highest BCUT2D eigenvalue weighted by molar-refractivity contribution is 7.20. The normalized spacial score (nSPS) is 11.7. The Bertz CT molecular complexity index is 937. The highest BCUT2D eigenvalue weighted by atomic mass is 32.1. The van der Waals surface area contributed by atoms with E-state index in [4.69, 9.17) is 4.74 Å². The van der Waals surface area contributed by atoms with Gasteiger partial charge in [-0.05, 0) is 18.4 Å². The van der Waals surface area contributed by atoms with E-state index in [2.05, 4.69) is 9.97 Å². The van der Waals surface area contributed by atoms with Crippen LogP contribution in [-0.2, 0) is 9.53 Å². The number of Topliss-reactive ketones (excluding diaryl/α,β-unsaturated/α-hetero) is 1. The largest absolute Gasteiger partial charge is 0.453 e. The molecule has 0 bridgehead atoms. The summed E-state index contributed by atoms with van der Waals surface area (Å²) in [7, 11) is 0. The maximum Gasteiger partial charge on any atom is 0.358 e. The van der Waals surface area contributed by atoms with Crippen LogP contribution in [0.4, 0.5) is 0 Å². The van der Waals surface area contributed by atoms with Crippen molar-refractivity contribution in [3.63, 3.8) is 0 Å². The zero-order valence-electron chi connectivity index (χ0n) is 13.0. The van der Waals surface area contributed by atoms with Gasteiger partial charge in [0.15, 0.2) is 24.0 Å². The molecule has 25 heavy (non-hydrogen) atoms. The van der Waals surface area contributed by atoms with Crippen LogP contribution in [-0.4, -0.2) is 28.3 Å². The highest BCUT2D eigenvalue weighted by Crippen LogP contribution is 2.28. The number of aromatic nitrogens is 2. The molecule has 1 atom stereocenters. The smallest absolute Gasteiger partial charge is 0.358 e. The molecule has 0 unspecified atom stereocenters. The van der Waals surface area contributed by atoms with Crippen LogP contribution in [0.15, 0.2) is 28.3 Å². The van der Waals surface area contributed by atoms with E-state index in [9.17, 15) is 14.9 Å². The van der Waals surface area contributed by atoms with Crippen molar-refractivity contribution < 1.29 is 14.3 Å². The molecule has 3 aromatic rings. The molecule has 9 heteroatoms. The summed E-state index contributed by atoms with van der Waals surface area (Å²) in [6, 6.07) is 5.73. The van der Waals surface area contributed by atoms with Gasteiger partial charge >= 0.3 is 5.97 Å². The van der Waals surface area contributed by atoms with Crippen molar-refractivity contribution in [1.29, 1.82) is 5.26 Å². The number of carbonyl (C=O) groups excluding carboxylic acids is 2. The fourth-order valence-electron chi connectivity index (χ4n) is 1.94. The quantitative estimate of drug-likeness (QED) is 0.597. The minimum Gasteiger partial charge on any atom is -0.453 e. The molecule has 0 aliphatic rings. The van der Waals surface area contributed by atoms with Gasteiger partial charge in [0.05, 0.1) is 10.9 Å². The predicted molar refractivity (Wildman–Crippen MR) is 95.9 cm³/mol. The zero-order valence-corrected chi connectivity index (χ0v) is 15.4. The fourth-order valence-corrected chi connectivity index (χ4v) is 4.41. The first kappa shape index (κ1) is 17.4. The molecule has 3 aromatic heterocycles. The molecule has 6 nitrogen and oxygen atoms in total. The second-order valence-electron chi connectivity index (χ2n) is 4.95. The number of thiophene rings is 1. The van der Waals surface area contributed by atoms with Crippen LogP contribution >= 0.6 is 34.0 Å². The van der Waals surface area contributed by atoms with E-state index in [1.165, 1.54) is 34.0 Å². The summed E-state index contributed by atoms with van der Waals surface area (Å²) in [4.78, 5) is 33.6. The second-order valence-corrected chi connectivity index (χ2v) is 7.64. The van der Waals surface area contributed by atoms with E-state index in [1.54, 1.807) is 17.7 Å². The number of ketones is 1.